The predicted octanol–water partition coefficient (Wildman–Crippen LogP) is 0.0508. The van der Waals surface area contributed by atoms with Crippen molar-refractivity contribution in [1.29, 1.82) is 0 Å². The van der Waals surface area contributed by atoms with Crippen molar-refractivity contribution in [3.63, 3.8) is 0 Å². The Balaban J connectivity index is 1.91. The van der Waals surface area contributed by atoms with Gasteiger partial charge in [0.25, 0.3) is 0 Å². The van der Waals surface area contributed by atoms with Crippen molar-refractivity contribution < 1.29 is 14.3 Å². The standard InChI is InChI=1S/C10H13N3O3/c1-13-5-8(11-12-13)6-3-7(6)9(14)4-10(15)16-2/h5-7H,3-4H2,1-2H3/t6-,7-/m1/s1. The number of hydrogen-bond donors (Lipinski definition) is 0. The lowest BCUT2D eigenvalue weighted by molar-refractivity contribution is -0.143. The molecule has 0 N–H and O–H groups in total. The van der Waals surface area contributed by atoms with E-state index in [1.807, 2.05) is 0 Å². The van der Waals surface area contributed by atoms with Crippen molar-refractivity contribution in [3.05, 3.63) is 11.9 Å². The number of rotatable bonds is 4. The van der Waals surface area contributed by atoms with Crippen LogP contribution >= 0.6 is 0 Å². The summed E-state index contributed by atoms with van der Waals surface area (Å²) >= 11 is 0. The summed E-state index contributed by atoms with van der Waals surface area (Å²) in [7, 11) is 3.06. The molecule has 1 saturated carbocycles. The molecule has 0 spiro atoms. The van der Waals surface area contributed by atoms with Crippen molar-refractivity contribution >= 4 is 11.8 Å². The zero-order valence-electron chi connectivity index (χ0n) is 9.21. The van der Waals surface area contributed by atoms with Crippen LogP contribution in [0.5, 0.6) is 0 Å². The third-order valence-electron chi connectivity index (χ3n) is 2.75. The van der Waals surface area contributed by atoms with Gasteiger partial charge in [0, 0.05) is 25.1 Å². The first kappa shape index (κ1) is 10.8. The molecule has 6 nitrogen and oxygen atoms in total. The number of hydrogen-bond acceptors (Lipinski definition) is 5. The van der Waals surface area contributed by atoms with E-state index in [2.05, 4.69) is 15.0 Å². The van der Waals surface area contributed by atoms with Crippen LogP contribution in [0.25, 0.3) is 0 Å². The van der Waals surface area contributed by atoms with Crippen LogP contribution < -0.4 is 0 Å². The first-order chi connectivity index (χ1) is 7.61. The Morgan fingerprint density at radius 3 is 2.94 bits per heavy atom. The van der Waals surface area contributed by atoms with Gasteiger partial charge in [0.15, 0.2) is 0 Å². The summed E-state index contributed by atoms with van der Waals surface area (Å²) in [6.07, 6.45) is 2.42. The highest BCUT2D eigenvalue weighted by atomic mass is 16.5. The molecule has 86 valence electrons. The number of carbonyl (C=O) groups excluding carboxylic acids is 2. The molecule has 16 heavy (non-hydrogen) atoms. The minimum atomic E-state index is -0.477. The van der Waals surface area contributed by atoms with Gasteiger partial charge in [-0.15, -0.1) is 5.10 Å². The zero-order chi connectivity index (χ0) is 11.7. The Labute approximate surface area is 92.6 Å². The van der Waals surface area contributed by atoms with E-state index in [4.69, 9.17) is 0 Å². The third-order valence-corrected chi connectivity index (χ3v) is 2.75. The molecule has 1 aromatic heterocycles. The lowest BCUT2D eigenvalue weighted by Gasteiger charge is -1.97. The Kier molecular flexibility index (Phi) is 2.72. The van der Waals surface area contributed by atoms with Crippen LogP contribution in [0.15, 0.2) is 6.20 Å². The molecule has 1 heterocycles. The second kappa shape index (κ2) is 4.03. The summed E-state index contributed by atoms with van der Waals surface area (Å²) in [5, 5.41) is 7.77. The second-order valence-corrected chi connectivity index (χ2v) is 3.98. The lowest BCUT2D eigenvalue weighted by Crippen LogP contribution is -2.11. The van der Waals surface area contributed by atoms with Crippen molar-refractivity contribution in [3.8, 4) is 0 Å². The summed E-state index contributed by atoms with van der Waals surface area (Å²) in [4.78, 5) is 22.5. The van der Waals surface area contributed by atoms with Gasteiger partial charge in [0.05, 0.1) is 12.8 Å². The molecule has 2 atom stereocenters. The average molecular weight is 223 g/mol. The van der Waals surface area contributed by atoms with Crippen LogP contribution in [0.3, 0.4) is 0 Å². The number of methoxy groups -OCH3 is 1. The Morgan fingerprint density at radius 2 is 2.38 bits per heavy atom. The molecule has 2 rings (SSSR count). The summed E-state index contributed by atoms with van der Waals surface area (Å²) in [6.45, 7) is 0. The fourth-order valence-electron chi connectivity index (χ4n) is 1.76. The fraction of sp³-hybridized carbons (Fsp3) is 0.600. The molecule has 0 amide bonds. The molecular weight excluding hydrogens is 210 g/mol. The Bertz CT molecular complexity index is 427. The van der Waals surface area contributed by atoms with Crippen molar-refractivity contribution in [1.82, 2.24) is 15.0 Å². The van der Waals surface area contributed by atoms with Gasteiger partial charge < -0.3 is 4.74 Å². The van der Waals surface area contributed by atoms with E-state index in [1.54, 1.807) is 17.9 Å². The van der Waals surface area contributed by atoms with E-state index in [0.717, 1.165) is 12.1 Å². The lowest BCUT2D eigenvalue weighted by atomic mass is 10.1. The molecule has 1 aromatic rings. The van der Waals surface area contributed by atoms with E-state index in [0.29, 0.717) is 0 Å². The number of aromatic nitrogens is 3. The van der Waals surface area contributed by atoms with E-state index in [9.17, 15) is 9.59 Å². The quantitative estimate of drug-likeness (QED) is 0.532. The zero-order valence-corrected chi connectivity index (χ0v) is 9.21. The fourth-order valence-corrected chi connectivity index (χ4v) is 1.76. The Morgan fingerprint density at radius 1 is 1.62 bits per heavy atom. The maximum Gasteiger partial charge on any atom is 0.313 e. The van der Waals surface area contributed by atoms with Gasteiger partial charge in [-0.3, -0.25) is 14.3 Å². The van der Waals surface area contributed by atoms with Crippen LogP contribution in [0.1, 0.15) is 24.5 Å². The SMILES string of the molecule is COC(=O)CC(=O)[C@@H]1C[C@H]1c1cn(C)nn1. The largest absolute Gasteiger partial charge is 0.469 e. The predicted molar refractivity (Wildman–Crippen MR) is 53.5 cm³/mol. The molecule has 0 aromatic carbocycles. The summed E-state index contributed by atoms with van der Waals surface area (Å²) in [5.74, 6) is -0.501. The van der Waals surface area contributed by atoms with Gasteiger partial charge in [-0.25, -0.2) is 0 Å². The first-order valence-corrected chi connectivity index (χ1v) is 5.07. The first-order valence-electron chi connectivity index (χ1n) is 5.07. The monoisotopic (exact) mass is 223 g/mol. The van der Waals surface area contributed by atoms with Gasteiger partial charge in [-0.1, -0.05) is 5.21 Å². The number of ether oxygens (including phenoxy) is 1. The normalized spacial score (nSPS) is 22.9. The molecule has 1 aliphatic rings. The van der Waals surface area contributed by atoms with Gasteiger partial charge in [-0.05, 0) is 6.42 Å². The highest BCUT2D eigenvalue weighted by molar-refractivity contribution is 5.98. The van der Waals surface area contributed by atoms with Crippen LogP contribution in [0, 0.1) is 5.92 Å². The van der Waals surface area contributed by atoms with E-state index in [-0.39, 0.29) is 24.0 Å². The van der Waals surface area contributed by atoms with Crippen LogP contribution in [0.4, 0.5) is 0 Å². The maximum absolute atomic E-state index is 11.6. The minimum absolute atomic E-state index is 0.0671. The van der Waals surface area contributed by atoms with Gasteiger partial charge in [0.2, 0.25) is 0 Å². The molecule has 1 fully saturated rings. The molecule has 1 aliphatic carbocycles. The smallest absolute Gasteiger partial charge is 0.313 e. The number of ketones is 1. The molecule has 6 heteroatoms. The molecule has 0 saturated heterocycles. The highest BCUT2D eigenvalue weighted by Crippen LogP contribution is 2.47. The summed E-state index contributed by atoms with van der Waals surface area (Å²) in [6, 6.07) is 0. The summed E-state index contributed by atoms with van der Waals surface area (Å²) in [5.41, 5.74) is 0.825. The van der Waals surface area contributed by atoms with E-state index < -0.39 is 5.97 Å². The number of esters is 1. The second-order valence-electron chi connectivity index (χ2n) is 3.98. The topological polar surface area (TPSA) is 74.1 Å². The van der Waals surface area contributed by atoms with Gasteiger partial charge in [-0.2, -0.15) is 0 Å². The molecule has 0 radical (unpaired) electrons. The van der Waals surface area contributed by atoms with Crippen molar-refractivity contribution in [2.75, 3.05) is 7.11 Å². The van der Waals surface area contributed by atoms with Crippen LogP contribution in [0.2, 0.25) is 0 Å². The number of Topliss-reactive ketones (excluding diaryl/α,β-unsaturated/α-hetero) is 1. The van der Waals surface area contributed by atoms with Crippen molar-refractivity contribution in [2.24, 2.45) is 13.0 Å². The molecule has 0 aliphatic heterocycles. The molecule has 0 bridgehead atoms. The van der Waals surface area contributed by atoms with Crippen LogP contribution in [-0.2, 0) is 21.4 Å². The molecular formula is C10H13N3O3. The van der Waals surface area contributed by atoms with Crippen LogP contribution in [-0.4, -0.2) is 33.9 Å². The number of carbonyl (C=O) groups is 2. The van der Waals surface area contributed by atoms with Crippen molar-refractivity contribution in [2.45, 2.75) is 18.8 Å². The highest BCUT2D eigenvalue weighted by Gasteiger charge is 2.45. The number of aryl methyl sites for hydroxylation is 1. The molecule has 0 unspecified atom stereocenters. The van der Waals surface area contributed by atoms with Gasteiger partial charge >= 0.3 is 5.97 Å². The van der Waals surface area contributed by atoms with Gasteiger partial charge in [0.1, 0.15) is 12.2 Å². The average Bonchev–Trinajstić information content (AvgIpc) is 2.95. The minimum Gasteiger partial charge on any atom is -0.469 e. The maximum atomic E-state index is 11.6. The third kappa shape index (κ3) is 2.10. The Hall–Kier alpha value is -1.72. The van der Waals surface area contributed by atoms with E-state index in [1.165, 1.54) is 7.11 Å². The number of nitrogens with zero attached hydrogens (tertiary/aromatic N) is 3. The van der Waals surface area contributed by atoms with E-state index >= 15 is 0 Å². The summed E-state index contributed by atoms with van der Waals surface area (Å²) < 4.78 is 6.06.